The van der Waals surface area contributed by atoms with Gasteiger partial charge in [-0.2, -0.15) is 0 Å². The zero-order valence-electron chi connectivity index (χ0n) is 27.2. The van der Waals surface area contributed by atoms with Crippen molar-refractivity contribution in [2.45, 2.75) is 96.6 Å². The highest BCUT2D eigenvalue weighted by molar-refractivity contribution is 5.94. The van der Waals surface area contributed by atoms with Crippen molar-refractivity contribution < 1.29 is 43.0 Å². The third-order valence-electron chi connectivity index (χ3n) is 11.6. The first-order valence-corrected chi connectivity index (χ1v) is 16.4. The molecule has 0 aromatic heterocycles. The van der Waals surface area contributed by atoms with Gasteiger partial charge in [0.15, 0.2) is 24.0 Å². The van der Waals surface area contributed by atoms with E-state index in [4.69, 9.17) is 14.2 Å². The molecular weight excluding hydrogens is 590 g/mol. The number of nitrogens with one attached hydrogen (secondary N) is 1. The van der Waals surface area contributed by atoms with E-state index in [1.807, 2.05) is 6.08 Å². The van der Waals surface area contributed by atoms with Crippen LogP contribution in [0.2, 0.25) is 0 Å². The van der Waals surface area contributed by atoms with E-state index >= 15 is 0 Å². The van der Waals surface area contributed by atoms with Gasteiger partial charge in [-0.15, -0.1) is 0 Å². The summed E-state index contributed by atoms with van der Waals surface area (Å²) in [5.41, 5.74) is -0.262. The van der Waals surface area contributed by atoms with Crippen molar-refractivity contribution in [2.24, 2.45) is 28.6 Å². The number of benzene rings is 1. The van der Waals surface area contributed by atoms with Crippen LogP contribution in [0.5, 0.6) is 0 Å². The molecule has 1 amide bonds. The highest BCUT2D eigenvalue weighted by atomic mass is 16.6. The Labute approximate surface area is 270 Å². The fraction of sp³-hybridized carbons (Fsp3) is 0.611. The maximum atomic E-state index is 14.0. The number of hydrogen-bond donors (Lipinski definition) is 1. The Morgan fingerprint density at radius 2 is 1.65 bits per heavy atom. The predicted molar refractivity (Wildman–Crippen MR) is 166 cm³/mol. The number of Topliss-reactive ketones (excluding diaryl/α,β-unsaturated/α-hetero) is 1. The van der Waals surface area contributed by atoms with Crippen LogP contribution < -0.4 is 5.32 Å². The number of carbonyl (C=O) groups is 6. The molecule has 46 heavy (non-hydrogen) atoms. The lowest BCUT2D eigenvalue weighted by molar-refractivity contribution is -0.191. The molecule has 0 saturated heterocycles. The third-order valence-corrected chi connectivity index (χ3v) is 11.6. The summed E-state index contributed by atoms with van der Waals surface area (Å²) in [6, 6.07) is 7.58. The number of fused-ring (bicyclic) bond motifs is 5. The summed E-state index contributed by atoms with van der Waals surface area (Å²) in [6.45, 7) is 5.08. The van der Waals surface area contributed by atoms with Gasteiger partial charge >= 0.3 is 17.9 Å². The molecule has 5 rings (SSSR count). The zero-order valence-corrected chi connectivity index (χ0v) is 27.2. The topological polar surface area (TPSA) is 142 Å². The predicted octanol–water partition coefficient (Wildman–Crippen LogP) is 4.74. The van der Waals surface area contributed by atoms with E-state index < -0.39 is 53.3 Å². The molecule has 1 N–H and O–H groups in total. The van der Waals surface area contributed by atoms with Crippen LogP contribution in [-0.2, 0) is 43.0 Å². The number of allylic oxidation sites excluding steroid dienone is 1. The molecule has 0 aliphatic heterocycles. The van der Waals surface area contributed by atoms with Crippen LogP contribution in [0.4, 0.5) is 0 Å². The molecule has 1 aromatic carbocycles. The van der Waals surface area contributed by atoms with E-state index in [1.54, 1.807) is 30.3 Å². The minimum absolute atomic E-state index is 0.0331. The lowest BCUT2D eigenvalue weighted by Crippen LogP contribution is -2.59. The molecule has 0 unspecified atom stereocenters. The summed E-state index contributed by atoms with van der Waals surface area (Å²) in [4.78, 5) is 76.2. The molecule has 10 heteroatoms. The van der Waals surface area contributed by atoms with Gasteiger partial charge in [-0.1, -0.05) is 49.8 Å². The molecule has 0 heterocycles. The largest absolute Gasteiger partial charge is 0.467 e. The molecule has 1 aromatic rings. The number of esters is 3. The van der Waals surface area contributed by atoms with Crippen molar-refractivity contribution in [2.75, 3.05) is 13.7 Å². The number of amides is 1. The molecule has 0 radical (unpaired) electrons. The molecule has 0 spiro atoms. The maximum absolute atomic E-state index is 14.0. The quantitative estimate of drug-likeness (QED) is 0.285. The van der Waals surface area contributed by atoms with Gasteiger partial charge in [0, 0.05) is 25.2 Å². The second kappa shape index (κ2) is 13.1. The van der Waals surface area contributed by atoms with E-state index in [2.05, 4.69) is 19.2 Å². The Hall–Kier alpha value is -3.82. The van der Waals surface area contributed by atoms with Gasteiger partial charge in [0.1, 0.15) is 0 Å². The summed E-state index contributed by atoms with van der Waals surface area (Å²) in [6.07, 6.45) is 7.15. The molecule has 4 aliphatic rings. The van der Waals surface area contributed by atoms with Gasteiger partial charge in [-0.25, -0.2) is 4.79 Å². The van der Waals surface area contributed by atoms with Crippen molar-refractivity contribution in [3.8, 4) is 0 Å². The monoisotopic (exact) mass is 635 g/mol. The smallest absolute Gasteiger partial charge is 0.333 e. The van der Waals surface area contributed by atoms with Crippen molar-refractivity contribution in [1.82, 2.24) is 5.32 Å². The Morgan fingerprint density at radius 3 is 2.35 bits per heavy atom. The lowest BCUT2D eigenvalue weighted by atomic mass is 9.46. The number of hydrogen-bond acceptors (Lipinski definition) is 9. The standard InChI is InChI=1S/C36H45NO9/c1-22(38)46-36(19-16-28-26-11-10-24-20-25(39)14-17-34(24,2)27(26)15-18-35(28,36)3)29(40)21-45-31(42)13-12-30(41)37-32(33(43)44-4)23-8-6-5-7-9-23/h5-9,20,26-28,32H,10-19,21H2,1-4H3,(H,37,41)/t26-,27+,28+,32+,34-,35-,36-/m0/s1. The van der Waals surface area contributed by atoms with E-state index in [-0.39, 0.29) is 30.0 Å². The van der Waals surface area contributed by atoms with E-state index in [1.165, 1.54) is 19.6 Å². The molecule has 3 fully saturated rings. The maximum Gasteiger partial charge on any atom is 0.333 e. The van der Waals surface area contributed by atoms with Gasteiger partial charge in [0.05, 0.1) is 13.5 Å². The van der Waals surface area contributed by atoms with E-state index in [9.17, 15) is 28.8 Å². The Kier molecular flexibility index (Phi) is 9.57. The SMILES string of the molecule is COC(=O)[C@H](NC(=O)CCC(=O)OCC(=O)[C@@]1(OC(C)=O)CC[C@@H]2[C@H]3CCC4=CC(=O)CC[C@]4(C)[C@@H]3CC[C@@]21C)c1ccccc1. The first-order valence-electron chi connectivity index (χ1n) is 16.4. The normalized spacial score (nSPS) is 32.0. The Balaban J connectivity index is 1.23. The molecule has 248 valence electrons. The number of ketones is 2. The summed E-state index contributed by atoms with van der Waals surface area (Å²) in [5, 5.41) is 2.59. The molecular formula is C36H45NO9. The second-order valence-electron chi connectivity index (χ2n) is 13.9. The summed E-state index contributed by atoms with van der Waals surface area (Å²) < 4.78 is 16.2. The molecule has 4 aliphatic carbocycles. The van der Waals surface area contributed by atoms with Crippen LogP contribution in [0.15, 0.2) is 42.0 Å². The van der Waals surface area contributed by atoms with Crippen LogP contribution >= 0.6 is 0 Å². The first kappa shape index (κ1) is 33.5. The van der Waals surface area contributed by atoms with Gasteiger partial charge in [0.2, 0.25) is 11.7 Å². The van der Waals surface area contributed by atoms with Crippen molar-refractivity contribution >= 4 is 35.4 Å². The van der Waals surface area contributed by atoms with Gasteiger partial charge in [-0.05, 0) is 79.8 Å². The first-order chi connectivity index (χ1) is 21.8. The highest BCUT2D eigenvalue weighted by Crippen LogP contribution is 2.68. The van der Waals surface area contributed by atoms with Crippen LogP contribution in [-0.4, -0.2) is 54.7 Å². The Bertz CT molecular complexity index is 1440. The fourth-order valence-electron chi connectivity index (χ4n) is 9.31. The average Bonchev–Trinajstić information content (AvgIpc) is 3.34. The minimum atomic E-state index is -1.41. The van der Waals surface area contributed by atoms with Crippen molar-refractivity contribution in [1.29, 1.82) is 0 Å². The lowest BCUT2D eigenvalue weighted by Gasteiger charge is -2.59. The summed E-state index contributed by atoms with van der Waals surface area (Å²) in [5.74, 6) is -1.84. The molecule has 0 bridgehead atoms. The van der Waals surface area contributed by atoms with Crippen LogP contribution in [0.1, 0.15) is 96.6 Å². The highest BCUT2D eigenvalue weighted by Gasteiger charge is 2.68. The average molecular weight is 636 g/mol. The van der Waals surface area contributed by atoms with Gasteiger partial charge in [0.25, 0.3) is 0 Å². The summed E-state index contributed by atoms with van der Waals surface area (Å²) in [7, 11) is 1.22. The van der Waals surface area contributed by atoms with E-state index in [0.29, 0.717) is 36.7 Å². The van der Waals surface area contributed by atoms with Crippen LogP contribution in [0, 0.1) is 28.6 Å². The van der Waals surface area contributed by atoms with Crippen molar-refractivity contribution in [3.63, 3.8) is 0 Å². The van der Waals surface area contributed by atoms with Gasteiger partial charge in [-0.3, -0.25) is 24.0 Å². The molecule has 7 atom stereocenters. The fourth-order valence-corrected chi connectivity index (χ4v) is 9.31. The molecule has 3 saturated carbocycles. The Morgan fingerprint density at radius 1 is 0.935 bits per heavy atom. The van der Waals surface area contributed by atoms with Crippen LogP contribution in [0.25, 0.3) is 0 Å². The summed E-state index contributed by atoms with van der Waals surface area (Å²) >= 11 is 0. The zero-order chi connectivity index (χ0) is 33.3. The number of ether oxygens (including phenoxy) is 3. The third kappa shape index (κ3) is 6.02. The molecule has 10 nitrogen and oxygen atoms in total. The number of rotatable bonds is 10. The number of methoxy groups -OCH3 is 1. The van der Waals surface area contributed by atoms with Crippen molar-refractivity contribution in [3.05, 3.63) is 47.5 Å². The number of carbonyl (C=O) groups excluding carboxylic acids is 6. The van der Waals surface area contributed by atoms with Crippen LogP contribution in [0.3, 0.4) is 0 Å². The van der Waals surface area contributed by atoms with Gasteiger partial charge < -0.3 is 19.5 Å². The van der Waals surface area contributed by atoms with E-state index in [0.717, 1.165) is 32.1 Å². The minimum Gasteiger partial charge on any atom is -0.467 e. The second-order valence-corrected chi connectivity index (χ2v) is 13.9.